The van der Waals surface area contributed by atoms with E-state index in [4.69, 9.17) is 4.74 Å². The first-order valence-electron chi connectivity index (χ1n) is 5.84. The zero-order valence-corrected chi connectivity index (χ0v) is 10.8. The molecule has 1 unspecified atom stereocenters. The molecule has 1 aliphatic rings. The van der Waals surface area contributed by atoms with Crippen molar-refractivity contribution in [3.63, 3.8) is 0 Å². The molecule has 5 heteroatoms. The number of halogens is 1. The van der Waals surface area contributed by atoms with E-state index in [9.17, 15) is 0 Å². The lowest BCUT2D eigenvalue weighted by molar-refractivity contribution is 0.0277. The van der Waals surface area contributed by atoms with E-state index in [0.29, 0.717) is 0 Å². The molecule has 0 spiro atoms. The second-order valence-corrected chi connectivity index (χ2v) is 4.13. The van der Waals surface area contributed by atoms with Crippen LogP contribution in [0.1, 0.15) is 11.7 Å². The molecular formula is C13H16ClN3O. The third-order valence-corrected chi connectivity index (χ3v) is 3.00. The number of rotatable bonds is 2. The Morgan fingerprint density at radius 3 is 2.72 bits per heavy atom. The number of imidazole rings is 1. The zero-order chi connectivity index (χ0) is 11.5. The summed E-state index contributed by atoms with van der Waals surface area (Å²) in [6.07, 6.45) is 5.70. The van der Waals surface area contributed by atoms with Crippen LogP contribution in [0.2, 0.25) is 0 Å². The van der Waals surface area contributed by atoms with Gasteiger partial charge in [0.15, 0.2) is 0 Å². The van der Waals surface area contributed by atoms with Gasteiger partial charge in [-0.25, -0.2) is 4.98 Å². The van der Waals surface area contributed by atoms with Crippen molar-refractivity contribution >= 4 is 12.4 Å². The molecule has 3 rings (SSSR count). The molecule has 1 aliphatic heterocycles. The van der Waals surface area contributed by atoms with E-state index in [2.05, 4.69) is 34.6 Å². The Balaban J connectivity index is 0.00000120. The van der Waals surface area contributed by atoms with Crippen LogP contribution >= 0.6 is 12.4 Å². The second kappa shape index (κ2) is 6.00. The maximum absolute atomic E-state index is 5.71. The molecular weight excluding hydrogens is 250 g/mol. The summed E-state index contributed by atoms with van der Waals surface area (Å²) in [5, 5.41) is 3.34. The van der Waals surface area contributed by atoms with Crippen LogP contribution in [-0.4, -0.2) is 29.2 Å². The molecule has 2 aromatic rings. The van der Waals surface area contributed by atoms with Gasteiger partial charge in [0.2, 0.25) is 0 Å². The molecule has 1 atom stereocenters. The molecule has 1 fully saturated rings. The Labute approximate surface area is 112 Å². The highest BCUT2D eigenvalue weighted by atomic mass is 35.5. The SMILES string of the molecule is Cl.c1cn(-c2ccc(C3CNCCO3)cc2)cn1. The van der Waals surface area contributed by atoms with Gasteiger partial charge < -0.3 is 14.6 Å². The van der Waals surface area contributed by atoms with Gasteiger partial charge in [0, 0.05) is 31.2 Å². The summed E-state index contributed by atoms with van der Waals surface area (Å²) < 4.78 is 7.70. The van der Waals surface area contributed by atoms with E-state index in [1.54, 1.807) is 12.5 Å². The number of hydrogen-bond donors (Lipinski definition) is 1. The lowest BCUT2D eigenvalue weighted by Crippen LogP contribution is -2.33. The first-order valence-corrected chi connectivity index (χ1v) is 5.84. The molecule has 18 heavy (non-hydrogen) atoms. The summed E-state index contributed by atoms with van der Waals surface area (Å²) in [5.41, 5.74) is 2.34. The number of nitrogens with zero attached hydrogens (tertiary/aromatic N) is 2. The minimum atomic E-state index is 0. The maximum atomic E-state index is 5.71. The topological polar surface area (TPSA) is 39.1 Å². The van der Waals surface area contributed by atoms with Crippen molar-refractivity contribution in [3.05, 3.63) is 48.5 Å². The van der Waals surface area contributed by atoms with E-state index >= 15 is 0 Å². The normalized spacial score (nSPS) is 19.2. The molecule has 1 saturated heterocycles. The standard InChI is InChI=1S/C13H15N3O.ClH/c1-3-12(16-7-5-15-10-16)4-2-11(1)13-9-14-6-8-17-13;/h1-5,7,10,13-14H,6,8-9H2;1H. The van der Waals surface area contributed by atoms with Crippen LogP contribution in [0.3, 0.4) is 0 Å². The Hall–Kier alpha value is -1.36. The van der Waals surface area contributed by atoms with Gasteiger partial charge in [-0.15, -0.1) is 12.4 Å². The summed E-state index contributed by atoms with van der Waals surface area (Å²) in [6, 6.07) is 8.42. The molecule has 96 valence electrons. The van der Waals surface area contributed by atoms with Gasteiger partial charge in [-0.1, -0.05) is 12.1 Å². The number of aromatic nitrogens is 2. The molecule has 0 aliphatic carbocycles. The lowest BCUT2D eigenvalue weighted by Gasteiger charge is -2.24. The molecule has 1 aromatic carbocycles. The van der Waals surface area contributed by atoms with Gasteiger partial charge in [0.25, 0.3) is 0 Å². The highest BCUT2D eigenvalue weighted by Gasteiger charge is 2.15. The molecule has 1 aromatic heterocycles. The minimum Gasteiger partial charge on any atom is -0.371 e. The van der Waals surface area contributed by atoms with Crippen molar-refractivity contribution in [2.45, 2.75) is 6.10 Å². The van der Waals surface area contributed by atoms with Gasteiger partial charge in [-0.05, 0) is 17.7 Å². The van der Waals surface area contributed by atoms with E-state index in [1.165, 1.54) is 5.56 Å². The van der Waals surface area contributed by atoms with Crippen molar-refractivity contribution in [2.75, 3.05) is 19.7 Å². The summed E-state index contributed by atoms with van der Waals surface area (Å²) in [4.78, 5) is 4.04. The molecule has 0 saturated carbocycles. The van der Waals surface area contributed by atoms with E-state index < -0.39 is 0 Å². The smallest absolute Gasteiger partial charge is 0.0991 e. The van der Waals surface area contributed by atoms with Gasteiger partial charge in [-0.2, -0.15) is 0 Å². The van der Waals surface area contributed by atoms with Crippen molar-refractivity contribution in [3.8, 4) is 5.69 Å². The zero-order valence-electron chi connectivity index (χ0n) is 9.95. The van der Waals surface area contributed by atoms with Crippen LogP contribution in [0.4, 0.5) is 0 Å². The summed E-state index contributed by atoms with van der Waals surface area (Å²) in [7, 11) is 0. The van der Waals surface area contributed by atoms with Crippen LogP contribution in [-0.2, 0) is 4.74 Å². The first-order chi connectivity index (χ1) is 8.43. The fourth-order valence-electron chi connectivity index (χ4n) is 2.05. The van der Waals surface area contributed by atoms with Crippen LogP contribution in [0.15, 0.2) is 43.0 Å². The van der Waals surface area contributed by atoms with Crippen LogP contribution < -0.4 is 5.32 Å². The highest BCUT2D eigenvalue weighted by Crippen LogP contribution is 2.20. The molecule has 4 nitrogen and oxygen atoms in total. The number of hydrogen-bond acceptors (Lipinski definition) is 3. The summed E-state index contributed by atoms with van der Waals surface area (Å²) in [5.74, 6) is 0. The number of nitrogens with one attached hydrogen (secondary N) is 1. The largest absolute Gasteiger partial charge is 0.371 e. The van der Waals surface area contributed by atoms with Gasteiger partial charge in [-0.3, -0.25) is 0 Å². The van der Waals surface area contributed by atoms with Crippen molar-refractivity contribution < 1.29 is 4.74 Å². The summed E-state index contributed by atoms with van der Waals surface area (Å²) >= 11 is 0. The van der Waals surface area contributed by atoms with Gasteiger partial charge >= 0.3 is 0 Å². The molecule has 0 radical (unpaired) electrons. The van der Waals surface area contributed by atoms with Crippen molar-refractivity contribution in [1.82, 2.24) is 14.9 Å². The third-order valence-electron chi connectivity index (χ3n) is 3.00. The molecule has 0 bridgehead atoms. The number of ether oxygens (including phenoxy) is 1. The van der Waals surface area contributed by atoms with Gasteiger partial charge in [0.1, 0.15) is 0 Å². The monoisotopic (exact) mass is 265 g/mol. The van der Waals surface area contributed by atoms with E-state index in [-0.39, 0.29) is 18.5 Å². The second-order valence-electron chi connectivity index (χ2n) is 4.13. The minimum absolute atomic E-state index is 0. The Morgan fingerprint density at radius 2 is 2.11 bits per heavy atom. The highest BCUT2D eigenvalue weighted by molar-refractivity contribution is 5.85. The Kier molecular flexibility index (Phi) is 4.36. The van der Waals surface area contributed by atoms with Crippen molar-refractivity contribution in [2.24, 2.45) is 0 Å². The van der Waals surface area contributed by atoms with Crippen LogP contribution in [0.25, 0.3) is 5.69 Å². The fraction of sp³-hybridized carbons (Fsp3) is 0.308. The average molecular weight is 266 g/mol. The predicted octanol–water partition coefficient (Wildman–Crippen LogP) is 1.95. The quantitative estimate of drug-likeness (QED) is 0.902. The number of morpholine rings is 1. The molecule has 2 heterocycles. The molecule has 0 amide bonds. The Bertz CT molecular complexity index is 463. The van der Waals surface area contributed by atoms with E-state index in [0.717, 1.165) is 25.4 Å². The summed E-state index contributed by atoms with van der Waals surface area (Å²) in [6.45, 7) is 2.63. The predicted molar refractivity (Wildman–Crippen MR) is 72.4 cm³/mol. The average Bonchev–Trinajstić information content (AvgIpc) is 2.94. The maximum Gasteiger partial charge on any atom is 0.0991 e. The fourth-order valence-corrected chi connectivity index (χ4v) is 2.05. The first kappa shape index (κ1) is 13.1. The lowest BCUT2D eigenvalue weighted by atomic mass is 10.1. The van der Waals surface area contributed by atoms with Gasteiger partial charge in [0.05, 0.1) is 19.0 Å². The number of benzene rings is 1. The Morgan fingerprint density at radius 1 is 1.28 bits per heavy atom. The third kappa shape index (κ3) is 2.72. The van der Waals surface area contributed by atoms with Crippen LogP contribution in [0.5, 0.6) is 0 Å². The van der Waals surface area contributed by atoms with Crippen molar-refractivity contribution in [1.29, 1.82) is 0 Å². The van der Waals surface area contributed by atoms with Crippen LogP contribution in [0, 0.1) is 0 Å². The molecule has 1 N–H and O–H groups in total. The van der Waals surface area contributed by atoms with E-state index in [1.807, 2.05) is 10.8 Å².